The molecular formula is C14H23NO2. The topological polar surface area (TPSA) is 41.5 Å². The molecule has 96 valence electrons. The van der Waals surface area contributed by atoms with Crippen LogP contribution < -0.4 is 10.1 Å². The van der Waals surface area contributed by atoms with Crippen LogP contribution in [0.2, 0.25) is 0 Å². The second kappa shape index (κ2) is 7.17. The molecule has 3 nitrogen and oxygen atoms in total. The van der Waals surface area contributed by atoms with Crippen LogP contribution in [-0.2, 0) is 0 Å². The van der Waals surface area contributed by atoms with E-state index in [2.05, 4.69) is 12.2 Å². The fraction of sp³-hybridized carbons (Fsp3) is 0.571. The number of aliphatic hydroxyl groups excluding tert-OH is 1. The van der Waals surface area contributed by atoms with E-state index in [1.807, 2.05) is 31.2 Å². The van der Waals surface area contributed by atoms with Crippen molar-refractivity contribution in [1.29, 1.82) is 0 Å². The molecule has 0 radical (unpaired) electrons. The van der Waals surface area contributed by atoms with Crippen molar-refractivity contribution in [3.8, 4) is 5.75 Å². The number of methoxy groups -OCH3 is 1. The SMILES string of the molecule is CCC[C@H](C[C@@H](C)O)Nc1ccccc1OC. The van der Waals surface area contributed by atoms with Gasteiger partial charge in [-0.3, -0.25) is 0 Å². The summed E-state index contributed by atoms with van der Waals surface area (Å²) in [6, 6.07) is 8.16. The first-order chi connectivity index (χ1) is 8.17. The summed E-state index contributed by atoms with van der Waals surface area (Å²) < 4.78 is 5.30. The van der Waals surface area contributed by atoms with Crippen LogP contribution >= 0.6 is 0 Å². The Morgan fingerprint density at radius 2 is 2.06 bits per heavy atom. The number of rotatable bonds is 7. The van der Waals surface area contributed by atoms with E-state index in [9.17, 15) is 5.11 Å². The predicted octanol–water partition coefficient (Wildman–Crippen LogP) is 3.05. The number of benzene rings is 1. The first kappa shape index (κ1) is 13.8. The number of nitrogens with one attached hydrogen (secondary N) is 1. The molecule has 1 rings (SSSR count). The maximum atomic E-state index is 9.48. The van der Waals surface area contributed by atoms with Gasteiger partial charge in [-0.15, -0.1) is 0 Å². The Kier molecular flexibility index (Phi) is 5.84. The summed E-state index contributed by atoms with van der Waals surface area (Å²) in [6.45, 7) is 3.98. The first-order valence-electron chi connectivity index (χ1n) is 6.25. The van der Waals surface area contributed by atoms with Crippen molar-refractivity contribution >= 4 is 5.69 Å². The molecule has 2 atom stereocenters. The molecule has 3 heteroatoms. The van der Waals surface area contributed by atoms with E-state index in [0.717, 1.165) is 30.7 Å². The molecule has 17 heavy (non-hydrogen) atoms. The highest BCUT2D eigenvalue weighted by Crippen LogP contribution is 2.25. The number of ether oxygens (including phenoxy) is 1. The van der Waals surface area contributed by atoms with E-state index >= 15 is 0 Å². The predicted molar refractivity (Wildman–Crippen MR) is 71.6 cm³/mol. The van der Waals surface area contributed by atoms with Crippen LogP contribution in [0.15, 0.2) is 24.3 Å². The maximum absolute atomic E-state index is 9.48. The van der Waals surface area contributed by atoms with Gasteiger partial charge in [0.2, 0.25) is 0 Å². The molecule has 0 heterocycles. The van der Waals surface area contributed by atoms with Gasteiger partial charge in [-0.1, -0.05) is 25.5 Å². The third-order valence-electron chi connectivity index (χ3n) is 2.73. The van der Waals surface area contributed by atoms with Gasteiger partial charge in [0.25, 0.3) is 0 Å². The van der Waals surface area contributed by atoms with Crippen LogP contribution in [-0.4, -0.2) is 24.4 Å². The van der Waals surface area contributed by atoms with Crippen molar-refractivity contribution in [1.82, 2.24) is 0 Å². The normalized spacial score (nSPS) is 14.1. The van der Waals surface area contributed by atoms with Crippen molar-refractivity contribution in [3.63, 3.8) is 0 Å². The van der Waals surface area contributed by atoms with Crippen molar-refractivity contribution in [2.45, 2.75) is 45.3 Å². The van der Waals surface area contributed by atoms with Gasteiger partial charge >= 0.3 is 0 Å². The van der Waals surface area contributed by atoms with Crippen molar-refractivity contribution in [2.75, 3.05) is 12.4 Å². The fourth-order valence-electron chi connectivity index (χ4n) is 1.99. The molecule has 0 bridgehead atoms. The van der Waals surface area contributed by atoms with Crippen LogP contribution in [0.1, 0.15) is 33.1 Å². The Hall–Kier alpha value is -1.22. The average Bonchev–Trinajstić information content (AvgIpc) is 2.29. The van der Waals surface area contributed by atoms with Gasteiger partial charge in [0, 0.05) is 6.04 Å². The zero-order valence-corrected chi connectivity index (χ0v) is 10.9. The van der Waals surface area contributed by atoms with Crippen molar-refractivity contribution < 1.29 is 9.84 Å². The average molecular weight is 237 g/mol. The highest BCUT2D eigenvalue weighted by Gasteiger charge is 2.12. The number of anilines is 1. The highest BCUT2D eigenvalue weighted by atomic mass is 16.5. The Bertz CT molecular complexity index is 326. The molecule has 0 saturated carbocycles. The van der Waals surface area contributed by atoms with Gasteiger partial charge < -0.3 is 15.2 Å². The van der Waals surface area contributed by atoms with Crippen LogP contribution in [0.4, 0.5) is 5.69 Å². The van der Waals surface area contributed by atoms with Crippen molar-refractivity contribution in [2.24, 2.45) is 0 Å². The second-order valence-corrected chi connectivity index (χ2v) is 4.41. The monoisotopic (exact) mass is 237 g/mol. The minimum absolute atomic E-state index is 0.284. The quantitative estimate of drug-likeness (QED) is 0.766. The summed E-state index contributed by atoms with van der Waals surface area (Å²) in [7, 11) is 1.67. The molecular weight excluding hydrogens is 214 g/mol. The van der Waals surface area contributed by atoms with Crippen LogP contribution in [0.25, 0.3) is 0 Å². The third-order valence-corrected chi connectivity index (χ3v) is 2.73. The maximum Gasteiger partial charge on any atom is 0.141 e. The molecule has 0 aliphatic rings. The summed E-state index contributed by atoms with van der Waals surface area (Å²) in [5, 5.41) is 12.9. The molecule has 0 spiro atoms. The minimum atomic E-state index is -0.284. The first-order valence-corrected chi connectivity index (χ1v) is 6.25. The Balaban J connectivity index is 2.70. The summed E-state index contributed by atoms with van der Waals surface area (Å²) in [5.74, 6) is 0.846. The minimum Gasteiger partial charge on any atom is -0.495 e. The van der Waals surface area contributed by atoms with E-state index in [4.69, 9.17) is 4.74 Å². The van der Waals surface area contributed by atoms with E-state index in [1.165, 1.54) is 0 Å². The van der Waals surface area contributed by atoms with E-state index in [-0.39, 0.29) is 12.1 Å². The lowest BCUT2D eigenvalue weighted by molar-refractivity contribution is 0.176. The van der Waals surface area contributed by atoms with Gasteiger partial charge in [-0.05, 0) is 31.9 Å². The van der Waals surface area contributed by atoms with Gasteiger partial charge in [-0.25, -0.2) is 0 Å². The molecule has 0 aliphatic heterocycles. The molecule has 1 aromatic rings. The Morgan fingerprint density at radius 1 is 1.35 bits per heavy atom. The van der Waals surface area contributed by atoms with Gasteiger partial charge in [-0.2, -0.15) is 0 Å². The molecule has 0 unspecified atom stereocenters. The zero-order valence-electron chi connectivity index (χ0n) is 10.9. The molecule has 0 fully saturated rings. The van der Waals surface area contributed by atoms with Crippen LogP contribution in [0.3, 0.4) is 0 Å². The lowest BCUT2D eigenvalue weighted by Crippen LogP contribution is -2.24. The molecule has 0 amide bonds. The molecule has 1 aromatic carbocycles. The third kappa shape index (κ3) is 4.65. The van der Waals surface area contributed by atoms with Gasteiger partial charge in [0.15, 0.2) is 0 Å². The largest absolute Gasteiger partial charge is 0.495 e. The molecule has 2 N–H and O–H groups in total. The summed E-state index contributed by atoms with van der Waals surface area (Å²) in [4.78, 5) is 0. The van der Waals surface area contributed by atoms with Crippen LogP contribution in [0.5, 0.6) is 5.75 Å². The van der Waals surface area contributed by atoms with E-state index in [0.29, 0.717) is 0 Å². The standard InChI is InChI=1S/C14H23NO2/c1-4-7-12(10-11(2)16)15-13-8-5-6-9-14(13)17-3/h5-6,8-9,11-12,15-16H,4,7,10H2,1-3H3/t11-,12-/m1/s1. The van der Waals surface area contributed by atoms with Crippen LogP contribution in [0, 0.1) is 0 Å². The smallest absolute Gasteiger partial charge is 0.141 e. The van der Waals surface area contributed by atoms with Crippen molar-refractivity contribution in [3.05, 3.63) is 24.3 Å². The molecule has 0 saturated heterocycles. The number of hydrogen-bond donors (Lipinski definition) is 2. The number of aliphatic hydroxyl groups is 1. The van der Waals surface area contributed by atoms with E-state index in [1.54, 1.807) is 7.11 Å². The van der Waals surface area contributed by atoms with Gasteiger partial charge in [0.05, 0.1) is 18.9 Å². The number of hydrogen-bond acceptors (Lipinski definition) is 3. The second-order valence-electron chi connectivity index (χ2n) is 4.41. The number of para-hydroxylation sites is 2. The van der Waals surface area contributed by atoms with E-state index < -0.39 is 0 Å². The lowest BCUT2D eigenvalue weighted by Gasteiger charge is -2.22. The summed E-state index contributed by atoms with van der Waals surface area (Å²) in [5.41, 5.74) is 0.995. The molecule has 0 aromatic heterocycles. The Labute approximate surface area is 104 Å². The Morgan fingerprint density at radius 3 is 2.65 bits per heavy atom. The highest BCUT2D eigenvalue weighted by molar-refractivity contribution is 5.56. The fourth-order valence-corrected chi connectivity index (χ4v) is 1.99. The summed E-state index contributed by atoms with van der Waals surface area (Å²) >= 11 is 0. The van der Waals surface area contributed by atoms with Gasteiger partial charge in [0.1, 0.15) is 5.75 Å². The molecule has 0 aliphatic carbocycles. The zero-order chi connectivity index (χ0) is 12.7. The summed E-state index contributed by atoms with van der Waals surface area (Å²) in [6.07, 6.45) is 2.61. The lowest BCUT2D eigenvalue weighted by atomic mass is 10.0.